The van der Waals surface area contributed by atoms with E-state index < -0.39 is 5.97 Å². The predicted octanol–water partition coefficient (Wildman–Crippen LogP) is 1.12. The Bertz CT molecular complexity index is 399. The first kappa shape index (κ1) is 5.96. The van der Waals surface area contributed by atoms with E-state index in [1.165, 1.54) is 12.3 Å². The molecule has 0 saturated heterocycles. The molecule has 2 heterocycles. The molecular formula is C6H3NO4. The quantitative estimate of drug-likeness (QED) is 0.664. The molecule has 0 atom stereocenters. The molecule has 2 rings (SSSR count). The summed E-state index contributed by atoms with van der Waals surface area (Å²) in [5.41, 5.74) is 0.597. The molecule has 0 spiro atoms. The molecule has 0 aliphatic carbocycles. The molecule has 56 valence electrons. The third kappa shape index (κ3) is 0.706. The Labute approximate surface area is 60.2 Å². The van der Waals surface area contributed by atoms with Crippen LogP contribution in [-0.2, 0) is 0 Å². The van der Waals surface area contributed by atoms with Crippen molar-refractivity contribution in [3.8, 4) is 0 Å². The third-order valence-corrected chi connectivity index (χ3v) is 1.28. The fraction of sp³-hybridized carbons (Fsp3) is 0. The fourth-order valence-electron chi connectivity index (χ4n) is 0.817. The van der Waals surface area contributed by atoms with Crippen LogP contribution in [0.25, 0.3) is 11.1 Å². The number of nitrogens with zero attached hydrogens (tertiary/aromatic N) is 1. The molecule has 0 unspecified atom stereocenters. The molecule has 0 amide bonds. The van der Waals surface area contributed by atoms with Crippen molar-refractivity contribution in [3.63, 3.8) is 0 Å². The maximum atomic E-state index is 10.4. The average molecular weight is 153 g/mol. The zero-order chi connectivity index (χ0) is 7.84. The van der Waals surface area contributed by atoms with Crippen LogP contribution in [0.5, 0.6) is 0 Å². The fourth-order valence-corrected chi connectivity index (χ4v) is 0.817. The van der Waals surface area contributed by atoms with Gasteiger partial charge in [-0.05, 0) is 0 Å². The van der Waals surface area contributed by atoms with Gasteiger partial charge in [0, 0.05) is 6.07 Å². The highest BCUT2D eigenvalue weighted by atomic mass is 16.5. The Kier molecular flexibility index (Phi) is 1.00. The largest absolute Gasteiger partial charge is 0.475 e. The second kappa shape index (κ2) is 1.85. The summed E-state index contributed by atoms with van der Waals surface area (Å²) in [5.74, 6) is -1.44. The van der Waals surface area contributed by atoms with Crippen molar-refractivity contribution < 1.29 is 18.8 Å². The Morgan fingerprint density at radius 3 is 3.18 bits per heavy atom. The second-order valence-electron chi connectivity index (χ2n) is 1.95. The molecule has 1 N–H and O–H groups in total. The van der Waals surface area contributed by atoms with Gasteiger partial charge in [-0.25, -0.2) is 4.79 Å². The smallest absolute Gasteiger partial charge is 0.378 e. The number of fused-ring (bicyclic) bond motifs is 1. The van der Waals surface area contributed by atoms with Gasteiger partial charge in [0.1, 0.15) is 0 Å². The van der Waals surface area contributed by atoms with Crippen LogP contribution < -0.4 is 0 Å². The van der Waals surface area contributed by atoms with Gasteiger partial charge in [-0.2, -0.15) is 0 Å². The molecular weight excluding hydrogens is 150 g/mol. The van der Waals surface area contributed by atoms with E-state index in [4.69, 9.17) is 9.52 Å². The minimum Gasteiger partial charge on any atom is -0.475 e. The van der Waals surface area contributed by atoms with Crippen LogP contribution in [0.1, 0.15) is 10.6 Å². The van der Waals surface area contributed by atoms with Gasteiger partial charge < -0.3 is 14.0 Å². The molecule has 0 bridgehead atoms. The highest BCUT2D eigenvalue weighted by Gasteiger charge is 2.17. The normalized spacial score (nSPS) is 10.5. The van der Waals surface area contributed by atoms with E-state index in [0.29, 0.717) is 5.52 Å². The number of carboxylic acids is 1. The second-order valence-corrected chi connectivity index (χ2v) is 1.95. The molecule has 0 aliphatic rings. The van der Waals surface area contributed by atoms with E-state index in [-0.39, 0.29) is 11.3 Å². The Balaban J connectivity index is 2.78. The van der Waals surface area contributed by atoms with Gasteiger partial charge >= 0.3 is 5.97 Å². The first-order valence-electron chi connectivity index (χ1n) is 2.85. The molecule has 2 aromatic heterocycles. The standard InChI is InChI=1S/C6H3NO4/c8-6(9)5-4-3(7-11-5)1-2-10-4/h1-2H,(H,8,9). The number of rotatable bonds is 1. The molecule has 5 nitrogen and oxygen atoms in total. The third-order valence-electron chi connectivity index (χ3n) is 1.28. The van der Waals surface area contributed by atoms with E-state index in [1.807, 2.05) is 0 Å². The average Bonchev–Trinajstić information content (AvgIpc) is 2.41. The minimum atomic E-state index is -1.18. The van der Waals surface area contributed by atoms with Crippen molar-refractivity contribution in [2.45, 2.75) is 0 Å². The lowest BCUT2D eigenvalue weighted by molar-refractivity contribution is 0.0653. The van der Waals surface area contributed by atoms with Gasteiger partial charge in [0.15, 0.2) is 5.52 Å². The van der Waals surface area contributed by atoms with Gasteiger partial charge in [0.05, 0.1) is 6.26 Å². The van der Waals surface area contributed by atoms with Crippen LogP contribution in [-0.4, -0.2) is 16.2 Å². The molecule has 11 heavy (non-hydrogen) atoms. The summed E-state index contributed by atoms with van der Waals surface area (Å²) in [6.07, 6.45) is 1.36. The van der Waals surface area contributed by atoms with Crippen molar-refractivity contribution in [1.82, 2.24) is 5.16 Å². The number of aromatic carboxylic acids is 1. The summed E-state index contributed by atoms with van der Waals surface area (Å²) in [6.45, 7) is 0. The van der Waals surface area contributed by atoms with Crippen LogP contribution in [0.3, 0.4) is 0 Å². The first-order chi connectivity index (χ1) is 5.29. The lowest BCUT2D eigenvalue weighted by Crippen LogP contribution is -1.92. The Morgan fingerprint density at radius 1 is 1.64 bits per heavy atom. The number of furan rings is 1. The SMILES string of the molecule is O=C(O)c1onc2ccoc12. The van der Waals surface area contributed by atoms with E-state index in [9.17, 15) is 4.79 Å². The first-order valence-corrected chi connectivity index (χ1v) is 2.85. The molecule has 0 aromatic carbocycles. The summed E-state index contributed by atoms with van der Waals surface area (Å²) in [4.78, 5) is 10.4. The minimum absolute atomic E-state index is 0.178. The van der Waals surface area contributed by atoms with Crippen molar-refractivity contribution >= 4 is 17.1 Å². The monoisotopic (exact) mass is 153 g/mol. The van der Waals surface area contributed by atoms with Crippen LogP contribution >= 0.6 is 0 Å². The topological polar surface area (TPSA) is 76.5 Å². The number of carboxylic acid groups (broad SMARTS) is 1. The lowest BCUT2D eigenvalue weighted by Gasteiger charge is -1.80. The van der Waals surface area contributed by atoms with Crippen LogP contribution in [0.4, 0.5) is 0 Å². The highest BCUT2D eigenvalue weighted by Crippen LogP contribution is 2.18. The molecule has 0 saturated carbocycles. The van der Waals surface area contributed by atoms with E-state index in [0.717, 1.165) is 0 Å². The summed E-state index contributed by atoms with van der Waals surface area (Å²) in [5, 5.41) is 11.9. The van der Waals surface area contributed by atoms with E-state index >= 15 is 0 Å². The molecule has 5 heteroatoms. The van der Waals surface area contributed by atoms with Crippen LogP contribution in [0, 0.1) is 0 Å². The van der Waals surface area contributed by atoms with Gasteiger partial charge in [-0.1, -0.05) is 5.16 Å². The molecule has 0 radical (unpaired) electrons. The van der Waals surface area contributed by atoms with Gasteiger partial charge in [-0.15, -0.1) is 0 Å². The van der Waals surface area contributed by atoms with Crippen molar-refractivity contribution in [1.29, 1.82) is 0 Å². The van der Waals surface area contributed by atoms with Crippen molar-refractivity contribution in [2.75, 3.05) is 0 Å². The van der Waals surface area contributed by atoms with Crippen molar-refractivity contribution in [2.24, 2.45) is 0 Å². The van der Waals surface area contributed by atoms with Gasteiger partial charge in [0.2, 0.25) is 5.58 Å². The highest BCUT2D eigenvalue weighted by molar-refractivity contribution is 5.96. The summed E-state index contributed by atoms with van der Waals surface area (Å²) in [6, 6.07) is 1.53. The number of aromatic nitrogens is 1. The summed E-state index contributed by atoms with van der Waals surface area (Å²) in [7, 11) is 0. The summed E-state index contributed by atoms with van der Waals surface area (Å²) >= 11 is 0. The number of hydrogen-bond donors (Lipinski definition) is 1. The molecule has 0 aliphatic heterocycles. The van der Waals surface area contributed by atoms with Crippen molar-refractivity contribution in [3.05, 3.63) is 18.1 Å². The number of hydrogen-bond acceptors (Lipinski definition) is 4. The van der Waals surface area contributed by atoms with Gasteiger partial charge in [0.25, 0.3) is 5.76 Å². The molecule has 2 aromatic rings. The van der Waals surface area contributed by atoms with E-state index in [2.05, 4.69) is 9.68 Å². The molecule has 0 fully saturated rings. The van der Waals surface area contributed by atoms with Crippen LogP contribution in [0.15, 0.2) is 21.3 Å². The maximum absolute atomic E-state index is 10.4. The number of carbonyl (C=O) groups is 1. The zero-order valence-corrected chi connectivity index (χ0v) is 5.27. The Hall–Kier alpha value is -1.78. The zero-order valence-electron chi connectivity index (χ0n) is 5.27. The lowest BCUT2D eigenvalue weighted by atomic mass is 10.4. The summed E-state index contributed by atoms with van der Waals surface area (Å²) < 4.78 is 9.29. The van der Waals surface area contributed by atoms with Crippen LogP contribution in [0.2, 0.25) is 0 Å². The maximum Gasteiger partial charge on any atom is 0.378 e. The van der Waals surface area contributed by atoms with E-state index in [1.54, 1.807) is 0 Å². The predicted molar refractivity (Wildman–Crippen MR) is 33.2 cm³/mol. The Morgan fingerprint density at radius 2 is 2.45 bits per heavy atom. The van der Waals surface area contributed by atoms with Gasteiger partial charge in [-0.3, -0.25) is 0 Å².